The van der Waals surface area contributed by atoms with Crippen molar-refractivity contribution in [3.63, 3.8) is 0 Å². The van der Waals surface area contributed by atoms with Crippen molar-refractivity contribution >= 4 is 38.9 Å². The molecule has 0 unspecified atom stereocenters. The zero-order chi connectivity index (χ0) is 15.5. The number of piperazine rings is 1. The van der Waals surface area contributed by atoms with Crippen LogP contribution in [0, 0.1) is 6.92 Å². The Morgan fingerprint density at radius 3 is 2.62 bits per heavy atom. The predicted molar refractivity (Wildman–Crippen MR) is 87.9 cm³/mol. The number of nitrogens with one attached hydrogen (secondary N) is 2. The zero-order valence-corrected chi connectivity index (χ0v) is 14.2. The minimum Gasteiger partial charge on any atom is -0.314 e. The van der Waals surface area contributed by atoms with E-state index in [4.69, 9.17) is 23.2 Å². The van der Waals surface area contributed by atoms with Crippen molar-refractivity contribution in [1.82, 2.24) is 10.2 Å². The number of benzene rings is 1. The van der Waals surface area contributed by atoms with E-state index in [2.05, 4.69) is 14.9 Å². The Kier molecular flexibility index (Phi) is 5.73. The third-order valence-corrected chi connectivity index (χ3v) is 5.46. The van der Waals surface area contributed by atoms with Crippen LogP contribution in [-0.2, 0) is 10.0 Å². The first-order valence-electron chi connectivity index (χ1n) is 6.77. The van der Waals surface area contributed by atoms with Crippen LogP contribution in [0.3, 0.4) is 0 Å². The maximum absolute atomic E-state index is 12.2. The van der Waals surface area contributed by atoms with E-state index in [1.807, 2.05) is 0 Å². The molecule has 1 aromatic carbocycles. The Balaban J connectivity index is 2.02. The molecule has 1 heterocycles. The molecular formula is C13H19Cl2N3O2S. The van der Waals surface area contributed by atoms with Gasteiger partial charge in [0.15, 0.2) is 0 Å². The van der Waals surface area contributed by atoms with Crippen molar-refractivity contribution in [2.24, 2.45) is 0 Å². The van der Waals surface area contributed by atoms with Crippen molar-refractivity contribution in [1.29, 1.82) is 0 Å². The molecule has 5 nitrogen and oxygen atoms in total. The summed E-state index contributed by atoms with van der Waals surface area (Å²) in [5.74, 6) is 0.0214. The molecule has 8 heteroatoms. The van der Waals surface area contributed by atoms with Gasteiger partial charge in [0.2, 0.25) is 10.0 Å². The van der Waals surface area contributed by atoms with Crippen LogP contribution in [0.25, 0.3) is 0 Å². The first kappa shape index (κ1) is 16.8. The second-order valence-corrected chi connectivity index (χ2v) is 7.69. The van der Waals surface area contributed by atoms with Gasteiger partial charge in [0.1, 0.15) is 0 Å². The predicted octanol–water partition coefficient (Wildman–Crippen LogP) is 1.95. The lowest BCUT2D eigenvalue weighted by Gasteiger charge is -2.27. The Morgan fingerprint density at radius 1 is 1.29 bits per heavy atom. The highest BCUT2D eigenvalue weighted by Gasteiger charge is 2.18. The molecule has 1 aliphatic rings. The fraction of sp³-hybridized carbons (Fsp3) is 0.538. The third-order valence-electron chi connectivity index (χ3n) is 3.43. The molecule has 1 saturated heterocycles. The number of rotatable bonds is 5. The van der Waals surface area contributed by atoms with Gasteiger partial charge in [-0.3, -0.25) is 9.62 Å². The lowest BCUT2D eigenvalue weighted by atomic mass is 10.2. The van der Waals surface area contributed by atoms with E-state index in [1.54, 1.807) is 19.1 Å². The third kappa shape index (κ3) is 4.72. The quantitative estimate of drug-likeness (QED) is 0.850. The van der Waals surface area contributed by atoms with Crippen LogP contribution in [0.15, 0.2) is 12.1 Å². The monoisotopic (exact) mass is 351 g/mol. The molecule has 0 radical (unpaired) electrons. The molecule has 1 fully saturated rings. The van der Waals surface area contributed by atoms with E-state index in [1.165, 1.54) is 0 Å². The van der Waals surface area contributed by atoms with Crippen LogP contribution >= 0.6 is 23.2 Å². The fourth-order valence-electron chi connectivity index (χ4n) is 2.14. The Labute approximate surface area is 135 Å². The molecule has 1 aliphatic heterocycles. The number of sulfonamides is 1. The SMILES string of the molecule is Cc1ccc(Cl)c(NS(=O)(=O)CCN2CCNCC2)c1Cl. The lowest BCUT2D eigenvalue weighted by molar-refractivity contribution is 0.254. The number of anilines is 1. The molecule has 0 aliphatic carbocycles. The van der Waals surface area contributed by atoms with E-state index < -0.39 is 10.0 Å². The molecule has 1 aromatic rings. The molecular weight excluding hydrogens is 333 g/mol. The molecule has 21 heavy (non-hydrogen) atoms. The summed E-state index contributed by atoms with van der Waals surface area (Å²) in [7, 11) is -3.48. The number of hydrogen-bond acceptors (Lipinski definition) is 4. The molecule has 2 N–H and O–H groups in total. The number of halogens is 2. The van der Waals surface area contributed by atoms with E-state index in [0.29, 0.717) is 16.6 Å². The van der Waals surface area contributed by atoms with Gasteiger partial charge in [-0.2, -0.15) is 0 Å². The molecule has 0 bridgehead atoms. The molecule has 2 rings (SSSR count). The highest BCUT2D eigenvalue weighted by Crippen LogP contribution is 2.33. The normalized spacial score (nSPS) is 16.9. The van der Waals surface area contributed by atoms with Crippen molar-refractivity contribution in [2.45, 2.75) is 6.92 Å². The molecule has 0 spiro atoms. The fourth-order valence-corrected chi connectivity index (χ4v) is 3.84. The van der Waals surface area contributed by atoms with Crippen LogP contribution < -0.4 is 10.0 Å². The van der Waals surface area contributed by atoms with Crippen molar-refractivity contribution in [3.8, 4) is 0 Å². The van der Waals surface area contributed by atoms with Crippen LogP contribution in [0.2, 0.25) is 10.0 Å². The number of hydrogen-bond donors (Lipinski definition) is 2. The van der Waals surface area contributed by atoms with E-state index in [9.17, 15) is 8.42 Å². The molecule has 118 valence electrons. The first-order valence-corrected chi connectivity index (χ1v) is 9.18. The van der Waals surface area contributed by atoms with Crippen LogP contribution in [0.4, 0.5) is 5.69 Å². The molecule has 0 atom stereocenters. The van der Waals surface area contributed by atoms with Crippen LogP contribution in [0.5, 0.6) is 0 Å². The zero-order valence-electron chi connectivity index (χ0n) is 11.8. The maximum Gasteiger partial charge on any atom is 0.234 e. The van der Waals surface area contributed by atoms with Gasteiger partial charge in [0, 0.05) is 32.7 Å². The Hall–Kier alpha value is -0.530. The molecule has 0 amide bonds. The second-order valence-electron chi connectivity index (χ2n) is 5.07. The minimum atomic E-state index is -3.48. The summed E-state index contributed by atoms with van der Waals surface area (Å²) in [4.78, 5) is 2.12. The molecule has 0 aromatic heterocycles. The average molecular weight is 352 g/mol. The summed E-state index contributed by atoms with van der Waals surface area (Å²) in [5, 5.41) is 3.87. The number of nitrogens with zero attached hydrogens (tertiary/aromatic N) is 1. The highest BCUT2D eigenvalue weighted by atomic mass is 35.5. The number of aryl methyl sites for hydroxylation is 1. The van der Waals surface area contributed by atoms with Gasteiger partial charge < -0.3 is 5.32 Å². The van der Waals surface area contributed by atoms with Gasteiger partial charge in [0.25, 0.3) is 0 Å². The largest absolute Gasteiger partial charge is 0.314 e. The van der Waals surface area contributed by atoms with E-state index in [-0.39, 0.29) is 11.4 Å². The van der Waals surface area contributed by atoms with Gasteiger partial charge in [0.05, 0.1) is 21.5 Å². The standard InChI is InChI=1S/C13H19Cl2N3O2S/c1-10-2-3-11(14)13(12(10)15)17-21(19,20)9-8-18-6-4-16-5-7-18/h2-3,16-17H,4-9H2,1H3. The van der Waals surface area contributed by atoms with E-state index >= 15 is 0 Å². The van der Waals surface area contributed by atoms with Crippen molar-refractivity contribution in [3.05, 3.63) is 27.7 Å². The summed E-state index contributed by atoms with van der Waals surface area (Å²) >= 11 is 12.1. The molecule has 0 saturated carbocycles. The Bertz CT molecular complexity index is 602. The summed E-state index contributed by atoms with van der Waals surface area (Å²) in [6, 6.07) is 3.39. The summed E-state index contributed by atoms with van der Waals surface area (Å²) in [5.41, 5.74) is 1.04. The smallest absolute Gasteiger partial charge is 0.234 e. The second kappa shape index (κ2) is 7.15. The van der Waals surface area contributed by atoms with Gasteiger partial charge in [-0.1, -0.05) is 29.3 Å². The minimum absolute atomic E-state index is 0.0214. The summed E-state index contributed by atoms with van der Waals surface area (Å²) < 4.78 is 26.9. The highest BCUT2D eigenvalue weighted by molar-refractivity contribution is 7.92. The van der Waals surface area contributed by atoms with Gasteiger partial charge in [-0.15, -0.1) is 0 Å². The van der Waals surface area contributed by atoms with Gasteiger partial charge in [-0.25, -0.2) is 8.42 Å². The average Bonchev–Trinajstić information content (AvgIpc) is 2.47. The summed E-state index contributed by atoms with van der Waals surface area (Å²) in [6.45, 7) is 5.81. The topological polar surface area (TPSA) is 61.4 Å². The lowest BCUT2D eigenvalue weighted by Crippen LogP contribution is -2.45. The van der Waals surface area contributed by atoms with Crippen LogP contribution in [-0.4, -0.2) is 51.8 Å². The maximum atomic E-state index is 12.2. The van der Waals surface area contributed by atoms with Crippen molar-refractivity contribution < 1.29 is 8.42 Å². The van der Waals surface area contributed by atoms with Crippen molar-refractivity contribution in [2.75, 3.05) is 43.2 Å². The summed E-state index contributed by atoms with van der Waals surface area (Å²) in [6.07, 6.45) is 0. The van der Waals surface area contributed by atoms with Crippen LogP contribution in [0.1, 0.15) is 5.56 Å². The van der Waals surface area contributed by atoms with Gasteiger partial charge >= 0.3 is 0 Å². The Morgan fingerprint density at radius 2 is 1.95 bits per heavy atom. The van der Waals surface area contributed by atoms with E-state index in [0.717, 1.165) is 31.7 Å². The first-order chi connectivity index (χ1) is 9.89. The van der Waals surface area contributed by atoms with Gasteiger partial charge in [-0.05, 0) is 18.6 Å².